The zero-order chi connectivity index (χ0) is 20.5. The van der Waals surface area contributed by atoms with Crippen LogP contribution in [0.15, 0.2) is 14.6 Å². The average molecular weight is 417 g/mol. The van der Waals surface area contributed by atoms with Gasteiger partial charge in [-0.15, -0.1) is 11.3 Å². The Morgan fingerprint density at radius 3 is 2.83 bits per heavy atom. The van der Waals surface area contributed by atoms with Crippen molar-refractivity contribution in [3.05, 3.63) is 31.3 Å². The molecular formula is C19H24N6O3S. The maximum absolute atomic E-state index is 13.3. The second-order valence-corrected chi connectivity index (χ2v) is 8.46. The molecule has 1 aliphatic heterocycles. The summed E-state index contributed by atoms with van der Waals surface area (Å²) in [4.78, 5) is 34.4. The number of thiophene rings is 1. The van der Waals surface area contributed by atoms with Gasteiger partial charge in [-0.05, 0) is 31.7 Å². The maximum atomic E-state index is 13.3. The van der Waals surface area contributed by atoms with Crippen LogP contribution in [0.3, 0.4) is 0 Å². The lowest BCUT2D eigenvalue weighted by Crippen LogP contribution is -2.44. The van der Waals surface area contributed by atoms with Crippen LogP contribution in [-0.2, 0) is 17.8 Å². The number of nitrogens with one attached hydrogen (secondary N) is 1. The van der Waals surface area contributed by atoms with Gasteiger partial charge in [-0.2, -0.15) is 5.26 Å². The van der Waals surface area contributed by atoms with Crippen molar-refractivity contribution in [2.75, 3.05) is 26.8 Å². The van der Waals surface area contributed by atoms with Crippen molar-refractivity contribution in [3.63, 3.8) is 0 Å². The lowest BCUT2D eigenvalue weighted by Gasteiger charge is -2.27. The second kappa shape index (κ2) is 8.00. The molecule has 2 aromatic rings. The van der Waals surface area contributed by atoms with E-state index in [4.69, 9.17) is 10.00 Å². The molecule has 1 N–H and O–H groups in total. The highest BCUT2D eigenvalue weighted by Gasteiger charge is 2.28. The van der Waals surface area contributed by atoms with Crippen molar-refractivity contribution in [2.45, 2.75) is 45.3 Å². The monoisotopic (exact) mass is 416 g/mol. The smallest absolute Gasteiger partial charge is 0.332 e. The molecule has 1 fully saturated rings. The Hall–Kier alpha value is -2.64. The molecule has 4 rings (SSSR count). The molecular weight excluding hydrogens is 392 g/mol. The van der Waals surface area contributed by atoms with E-state index in [2.05, 4.69) is 10.3 Å². The van der Waals surface area contributed by atoms with Crippen molar-refractivity contribution >= 4 is 27.5 Å². The molecule has 0 radical (unpaired) electrons. The standard InChI is InChI=1S/C19H24N6O3S/c1-12-14(10-23-7-6-21-18(23)22-11-20)29-17-15(12)16(26)25(13-4-3-5-13)19(27)24(17)8-9-28-2/h13H,3-10H2,1-2H3,(H,21,22). The number of aromatic nitrogens is 2. The lowest BCUT2D eigenvalue weighted by molar-refractivity contribution is 0.185. The highest BCUT2D eigenvalue weighted by molar-refractivity contribution is 7.18. The first-order chi connectivity index (χ1) is 14.1. The van der Waals surface area contributed by atoms with Crippen LogP contribution in [0.2, 0.25) is 0 Å². The highest BCUT2D eigenvalue weighted by Crippen LogP contribution is 2.32. The van der Waals surface area contributed by atoms with Gasteiger partial charge in [0.15, 0.2) is 6.19 Å². The van der Waals surface area contributed by atoms with E-state index >= 15 is 0 Å². The predicted octanol–water partition coefficient (Wildman–Crippen LogP) is 1.15. The Bertz CT molecular complexity index is 1120. The van der Waals surface area contributed by atoms with E-state index in [1.54, 1.807) is 11.7 Å². The summed E-state index contributed by atoms with van der Waals surface area (Å²) in [6.07, 6.45) is 4.70. The van der Waals surface area contributed by atoms with Crippen molar-refractivity contribution in [2.24, 2.45) is 4.99 Å². The molecule has 10 heteroatoms. The number of aliphatic imine (C=N–C) groups is 1. The SMILES string of the molecule is COCCn1c(=O)n(C2CCC2)c(=O)c2c(C)c(CN3CCN=C3NC#N)sc21. The third-order valence-electron chi connectivity index (χ3n) is 5.73. The number of methoxy groups -OCH3 is 1. The van der Waals surface area contributed by atoms with E-state index in [1.807, 2.05) is 18.0 Å². The molecule has 1 aliphatic carbocycles. The fourth-order valence-corrected chi connectivity index (χ4v) is 5.22. The fourth-order valence-electron chi connectivity index (χ4n) is 3.89. The van der Waals surface area contributed by atoms with Gasteiger partial charge in [0.2, 0.25) is 5.96 Å². The molecule has 0 saturated heterocycles. The van der Waals surface area contributed by atoms with E-state index in [9.17, 15) is 9.59 Å². The molecule has 0 bridgehead atoms. The summed E-state index contributed by atoms with van der Waals surface area (Å²) < 4.78 is 8.34. The molecule has 0 amide bonds. The van der Waals surface area contributed by atoms with Gasteiger partial charge in [-0.3, -0.25) is 24.2 Å². The zero-order valence-corrected chi connectivity index (χ0v) is 17.4. The van der Waals surface area contributed by atoms with Gasteiger partial charge in [0.05, 0.1) is 31.6 Å². The summed E-state index contributed by atoms with van der Waals surface area (Å²) in [5.74, 6) is 0.549. The summed E-state index contributed by atoms with van der Waals surface area (Å²) in [5.41, 5.74) is 0.470. The molecule has 0 aromatic carbocycles. The van der Waals surface area contributed by atoms with Crippen LogP contribution < -0.4 is 16.6 Å². The molecule has 0 spiro atoms. The van der Waals surface area contributed by atoms with Crippen LogP contribution in [0.1, 0.15) is 35.7 Å². The van der Waals surface area contributed by atoms with Crippen LogP contribution in [0.25, 0.3) is 10.2 Å². The normalized spacial score (nSPS) is 16.7. The Labute approximate surface area is 171 Å². The first kappa shape index (κ1) is 19.7. The first-order valence-corrected chi connectivity index (χ1v) is 10.6. The van der Waals surface area contributed by atoms with Crippen molar-refractivity contribution in [1.29, 1.82) is 5.26 Å². The summed E-state index contributed by atoms with van der Waals surface area (Å²) in [6, 6.07) is -0.00640. The number of fused-ring (bicyclic) bond motifs is 1. The van der Waals surface area contributed by atoms with E-state index in [-0.39, 0.29) is 17.3 Å². The molecule has 1 saturated carbocycles. The molecule has 154 valence electrons. The minimum absolute atomic E-state index is 0.00640. The minimum atomic E-state index is -0.244. The van der Waals surface area contributed by atoms with Gasteiger partial charge in [0, 0.05) is 24.6 Å². The third-order valence-corrected chi connectivity index (χ3v) is 7.03. The number of rotatable bonds is 6. The quantitative estimate of drug-likeness (QED) is 0.559. The van der Waals surface area contributed by atoms with Crippen molar-refractivity contribution in [1.82, 2.24) is 19.4 Å². The first-order valence-electron chi connectivity index (χ1n) is 9.77. The Morgan fingerprint density at radius 2 is 2.17 bits per heavy atom. The number of aryl methyl sites for hydroxylation is 1. The maximum Gasteiger partial charge on any atom is 0.332 e. The predicted molar refractivity (Wildman–Crippen MR) is 111 cm³/mol. The van der Waals surface area contributed by atoms with Gasteiger partial charge in [0.25, 0.3) is 5.56 Å². The molecule has 29 heavy (non-hydrogen) atoms. The Morgan fingerprint density at radius 1 is 1.38 bits per heavy atom. The molecule has 3 heterocycles. The van der Waals surface area contributed by atoms with Crippen LogP contribution in [0.5, 0.6) is 0 Å². The third kappa shape index (κ3) is 3.34. The van der Waals surface area contributed by atoms with Crippen LogP contribution in [-0.4, -0.2) is 46.8 Å². The number of guanidine groups is 1. The molecule has 2 aliphatic rings. The number of nitrogens with zero attached hydrogens (tertiary/aromatic N) is 5. The largest absolute Gasteiger partial charge is 0.383 e. The van der Waals surface area contributed by atoms with Gasteiger partial charge in [0.1, 0.15) is 4.83 Å². The van der Waals surface area contributed by atoms with Gasteiger partial charge >= 0.3 is 5.69 Å². The van der Waals surface area contributed by atoms with Crippen molar-refractivity contribution < 1.29 is 4.74 Å². The summed E-state index contributed by atoms with van der Waals surface area (Å²) in [6.45, 7) is 4.63. The Kier molecular flexibility index (Phi) is 5.43. The van der Waals surface area contributed by atoms with E-state index in [0.29, 0.717) is 49.0 Å². The molecule has 9 nitrogen and oxygen atoms in total. The molecule has 0 atom stereocenters. The summed E-state index contributed by atoms with van der Waals surface area (Å²) in [5, 5.41) is 12.2. The average Bonchev–Trinajstić information content (AvgIpc) is 3.22. The van der Waals surface area contributed by atoms with Gasteiger partial charge < -0.3 is 9.64 Å². The van der Waals surface area contributed by atoms with Crippen molar-refractivity contribution in [3.8, 4) is 6.19 Å². The highest BCUT2D eigenvalue weighted by atomic mass is 32.1. The number of hydrogen-bond acceptors (Lipinski definition) is 8. The van der Waals surface area contributed by atoms with E-state index in [0.717, 1.165) is 29.7 Å². The minimum Gasteiger partial charge on any atom is -0.383 e. The van der Waals surface area contributed by atoms with Crippen LogP contribution in [0.4, 0.5) is 0 Å². The van der Waals surface area contributed by atoms with Gasteiger partial charge in [-0.1, -0.05) is 0 Å². The lowest BCUT2D eigenvalue weighted by atomic mass is 9.93. The van der Waals surface area contributed by atoms with Crippen LogP contribution in [0, 0.1) is 18.4 Å². The Balaban J connectivity index is 1.82. The van der Waals surface area contributed by atoms with Crippen LogP contribution >= 0.6 is 11.3 Å². The van der Waals surface area contributed by atoms with E-state index in [1.165, 1.54) is 15.9 Å². The number of nitriles is 1. The fraction of sp³-hybridized carbons (Fsp3) is 0.579. The molecule has 0 unspecified atom stereocenters. The zero-order valence-electron chi connectivity index (χ0n) is 16.6. The number of ether oxygens (including phenoxy) is 1. The van der Waals surface area contributed by atoms with Gasteiger partial charge in [-0.25, -0.2) is 4.79 Å². The summed E-state index contributed by atoms with van der Waals surface area (Å²) >= 11 is 1.47. The second-order valence-electron chi connectivity index (χ2n) is 7.38. The van der Waals surface area contributed by atoms with E-state index < -0.39 is 0 Å². The topological polar surface area (TPSA) is 105 Å². The number of hydrogen-bond donors (Lipinski definition) is 1. The molecule has 2 aromatic heterocycles. The summed E-state index contributed by atoms with van der Waals surface area (Å²) in [7, 11) is 1.60.